The molecule has 0 aliphatic rings. The number of ether oxygens (including phenoxy) is 1. The first-order valence-corrected chi connectivity index (χ1v) is 8.69. The van der Waals surface area contributed by atoms with Crippen molar-refractivity contribution >= 4 is 14.0 Å². The van der Waals surface area contributed by atoms with Crippen LogP contribution >= 0.6 is 0 Å². The topological polar surface area (TPSA) is 29.5 Å². The first-order valence-electron chi connectivity index (χ1n) is 4.99. The highest BCUT2D eigenvalue weighted by atomic mass is 28.3. The highest BCUT2D eigenvalue weighted by Gasteiger charge is 2.26. The molecule has 0 radical (unpaired) electrons. The van der Waals surface area contributed by atoms with Gasteiger partial charge in [0, 0.05) is 14.6 Å². The maximum Gasteiger partial charge on any atom is 0.309 e. The summed E-state index contributed by atoms with van der Waals surface area (Å²) in [5, 5.41) is 0. The molecule has 0 aliphatic carbocycles. The van der Waals surface area contributed by atoms with Gasteiger partial charge in [-0.3, -0.25) is 4.79 Å². The average Bonchev–Trinajstić information content (AvgIpc) is 1.98. The number of carbonyl (C=O) groups excluding carboxylic acids is 1. The second-order valence-electron chi connectivity index (χ2n) is 5.25. The molecule has 14 heavy (non-hydrogen) atoms. The molecule has 0 aliphatic heterocycles. The summed E-state index contributed by atoms with van der Waals surface area (Å²) in [4.78, 5) is 13.5. The van der Waals surface area contributed by atoms with Crippen LogP contribution in [0.3, 0.4) is 0 Å². The molecule has 1 atom stereocenters. The first-order chi connectivity index (χ1) is 6.26. The quantitative estimate of drug-likeness (QED) is 0.518. The number of hydrogen-bond acceptors (Lipinski definition) is 3. The molecule has 4 heteroatoms. The van der Waals surface area contributed by atoms with Gasteiger partial charge in [0.2, 0.25) is 0 Å². The lowest BCUT2D eigenvalue weighted by Crippen LogP contribution is -2.35. The molecule has 0 N–H and O–H groups in total. The maximum absolute atomic E-state index is 11.5. The van der Waals surface area contributed by atoms with Crippen LogP contribution in [0.1, 0.15) is 0 Å². The summed E-state index contributed by atoms with van der Waals surface area (Å²) in [6, 6.07) is 0.998. The van der Waals surface area contributed by atoms with E-state index >= 15 is 0 Å². The summed E-state index contributed by atoms with van der Waals surface area (Å²) in [7, 11) is 4.25. The summed E-state index contributed by atoms with van der Waals surface area (Å²) in [5.74, 6) is -0.0252. The van der Waals surface area contributed by atoms with Gasteiger partial charge in [0.25, 0.3) is 0 Å². The van der Waals surface area contributed by atoms with Gasteiger partial charge in [0.05, 0.1) is 13.0 Å². The lowest BCUT2D eigenvalue weighted by atomic mass is 10.2. The minimum Gasteiger partial charge on any atom is -0.469 e. The molecule has 0 aromatic rings. The van der Waals surface area contributed by atoms with Crippen molar-refractivity contribution in [2.45, 2.75) is 25.7 Å². The van der Waals surface area contributed by atoms with E-state index in [1.54, 1.807) is 0 Å². The third kappa shape index (κ3) is 6.15. The molecule has 0 heterocycles. The van der Waals surface area contributed by atoms with Crippen LogP contribution in [-0.4, -0.2) is 46.7 Å². The molecule has 0 aromatic carbocycles. The lowest BCUT2D eigenvalue weighted by Gasteiger charge is -2.24. The number of rotatable bonds is 5. The van der Waals surface area contributed by atoms with Gasteiger partial charge in [-0.2, -0.15) is 0 Å². The number of hydrogen-bond donors (Lipinski definition) is 0. The van der Waals surface area contributed by atoms with E-state index in [2.05, 4.69) is 19.6 Å². The van der Waals surface area contributed by atoms with Crippen LogP contribution in [0.25, 0.3) is 0 Å². The standard InChI is InChI=1S/C10H23NO2Si/c1-11(2)7-9(10(12)13-3)8-14(4,5)6/h9H,7-8H2,1-6H3. The minimum absolute atomic E-state index is 0.0432. The van der Waals surface area contributed by atoms with E-state index in [9.17, 15) is 4.79 Å². The Kier molecular flexibility index (Phi) is 5.37. The largest absolute Gasteiger partial charge is 0.469 e. The van der Waals surface area contributed by atoms with Gasteiger partial charge in [-0.05, 0) is 20.1 Å². The van der Waals surface area contributed by atoms with Crippen molar-refractivity contribution in [1.82, 2.24) is 4.90 Å². The molecule has 0 saturated heterocycles. The zero-order valence-electron chi connectivity index (χ0n) is 10.3. The molecule has 3 nitrogen and oxygen atoms in total. The third-order valence-electron chi connectivity index (χ3n) is 1.98. The summed E-state index contributed by atoms with van der Waals surface area (Å²) in [5.41, 5.74) is 0. The van der Waals surface area contributed by atoms with Crippen molar-refractivity contribution < 1.29 is 9.53 Å². The fourth-order valence-electron chi connectivity index (χ4n) is 1.57. The van der Waals surface area contributed by atoms with Crippen molar-refractivity contribution in [3.63, 3.8) is 0 Å². The van der Waals surface area contributed by atoms with Gasteiger partial charge in [-0.15, -0.1) is 0 Å². The highest BCUT2D eigenvalue weighted by molar-refractivity contribution is 6.76. The second-order valence-corrected chi connectivity index (χ2v) is 10.8. The number of esters is 1. The molecule has 0 bridgehead atoms. The van der Waals surface area contributed by atoms with E-state index in [4.69, 9.17) is 4.74 Å². The fraction of sp³-hybridized carbons (Fsp3) is 0.900. The van der Waals surface area contributed by atoms with Crippen molar-refractivity contribution in [2.24, 2.45) is 5.92 Å². The molecule has 0 rings (SSSR count). The summed E-state index contributed by atoms with van der Waals surface area (Å²) in [6.07, 6.45) is 0. The molecule has 0 fully saturated rings. The van der Waals surface area contributed by atoms with E-state index in [1.807, 2.05) is 19.0 Å². The van der Waals surface area contributed by atoms with Gasteiger partial charge in [-0.1, -0.05) is 19.6 Å². The summed E-state index contributed by atoms with van der Waals surface area (Å²) >= 11 is 0. The van der Waals surface area contributed by atoms with E-state index in [-0.39, 0.29) is 11.9 Å². The Labute approximate surface area is 88.4 Å². The Morgan fingerprint density at radius 3 is 2.14 bits per heavy atom. The van der Waals surface area contributed by atoms with Crippen LogP contribution in [0.5, 0.6) is 0 Å². The van der Waals surface area contributed by atoms with E-state index in [0.717, 1.165) is 12.6 Å². The van der Waals surface area contributed by atoms with Gasteiger partial charge in [-0.25, -0.2) is 0 Å². The van der Waals surface area contributed by atoms with Crippen LogP contribution in [0.15, 0.2) is 0 Å². The monoisotopic (exact) mass is 217 g/mol. The smallest absolute Gasteiger partial charge is 0.309 e. The lowest BCUT2D eigenvalue weighted by molar-refractivity contribution is -0.145. The van der Waals surface area contributed by atoms with Crippen molar-refractivity contribution in [2.75, 3.05) is 27.7 Å². The van der Waals surface area contributed by atoms with Gasteiger partial charge in [0.15, 0.2) is 0 Å². The van der Waals surface area contributed by atoms with Crippen LogP contribution in [0.2, 0.25) is 25.7 Å². The molecule has 0 amide bonds. The van der Waals surface area contributed by atoms with Crippen molar-refractivity contribution in [1.29, 1.82) is 0 Å². The van der Waals surface area contributed by atoms with Crippen molar-refractivity contribution in [3.8, 4) is 0 Å². The fourth-order valence-corrected chi connectivity index (χ4v) is 3.34. The molecule has 0 saturated carbocycles. The van der Waals surface area contributed by atoms with Crippen LogP contribution < -0.4 is 0 Å². The number of methoxy groups -OCH3 is 1. The Hall–Kier alpha value is -0.353. The SMILES string of the molecule is COC(=O)C(CN(C)C)C[Si](C)(C)C. The van der Waals surface area contributed by atoms with Gasteiger partial charge >= 0.3 is 5.97 Å². The molecule has 0 spiro atoms. The highest BCUT2D eigenvalue weighted by Crippen LogP contribution is 2.18. The minimum atomic E-state index is -1.19. The van der Waals surface area contributed by atoms with Crippen LogP contribution in [0.4, 0.5) is 0 Å². The third-order valence-corrected chi connectivity index (χ3v) is 3.70. The van der Waals surface area contributed by atoms with E-state index in [0.29, 0.717) is 0 Å². The Morgan fingerprint density at radius 1 is 1.36 bits per heavy atom. The second kappa shape index (κ2) is 5.51. The summed E-state index contributed by atoms with van der Waals surface area (Å²) < 4.78 is 4.82. The first kappa shape index (κ1) is 13.6. The predicted octanol–water partition coefficient (Wildman–Crippen LogP) is 1.68. The zero-order valence-corrected chi connectivity index (χ0v) is 11.3. The van der Waals surface area contributed by atoms with Gasteiger partial charge < -0.3 is 9.64 Å². The molecule has 0 aromatic heterocycles. The summed E-state index contributed by atoms with van der Waals surface area (Å²) in [6.45, 7) is 7.62. The zero-order chi connectivity index (χ0) is 11.4. The average molecular weight is 217 g/mol. The predicted molar refractivity (Wildman–Crippen MR) is 62.2 cm³/mol. The van der Waals surface area contributed by atoms with Gasteiger partial charge in [0.1, 0.15) is 0 Å². The van der Waals surface area contributed by atoms with Crippen LogP contribution in [-0.2, 0) is 9.53 Å². The number of carbonyl (C=O) groups is 1. The normalized spacial score (nSPS) is 14.2. The molecular formula is C10H23NO2Si. The number of nitrogens with zero attached hydrogens (tertiary/aromatic N) is 1. The Bertz CT molecular complexity index is 187. The van der Waals surface area contributed by atoms with Crippen LogP contribution in [0, 0.1) is 5.92 Å². The Morgan fingerprint density at radius 2 is 1.86 bits per heavy atom. The molecule has 1 unspecified atom stereocenters. The van der Waals surface area contributed by atoms with E-state index < -0.39 is 8.07 Å². The van der Waals surface area contributed by atoms with Crippen molar-refractivity contribution in [3.05, 3.63) is 0 Å². The maximum atomic E-state index is 11.5. The molecular weight excluding hydrogens is 194 g/mol. The van der Waals surface area contributed by atoms with E-state index in [1.165, 1.54) is 7.11 Å². The molecule has 84 valence electrons. The Balaban J connectivity index is 4.33.